The molecule has 0 radical (unpaired) electrons. The standard InChI is InChI=1S/C18H22N2O/c1-2-3-4-10-15-21-18-14-9-8-13-17(18)20-19-16-11-6-5-7-12-16/h5-9,11-14H,2-4,10,15H2,1H3. The van der Waals surface area contributed by atoms with Crippen LogP contribution in [0.1, 0.15) is 32.6 Å². The van der Waals surface area contributed by atoms with Crippen LogP contribution in [-0.2, 0) is 0 Å². The molecule has 0 aliphatic heterocycles. The van der Waals surface area contributed by atoms with Crippen molar-refractivity contribution in [1.29, 1.82) is 0 Å². The summed E-state index contributed by atoms with van der Waals surface area (Å²) in [5.41, 5.74) is 1.62. The molecule has 3 heteroatoms. The van der Waals surface area contributed by atoms with Crippen molar-refractivity contribution in [1.82, 2.24) is 0 Å². The lowest BCUT2D eigenvalue weighted by molar-refractivity contribution is 0.306. The zero-order chi connectivity index (χ0) is 14.8. The summed E-state index contributed by atoms with van der Waals surface area (Å²) in [6.07, 6.45) is 4.79. The Hall–Kier alpha value is -2.16. The number of benzene rings is 2. The van der Waals surface area contributed by atoms with E-state index in [9.17, 15) is 0 Å². The van der Waals surface area contributed by atoms with Gasteiger partial charge in [-0.1, -0.05) is 56.5 Å². The van der Waals surface area contributed by atoms with Gasteiger partial charge in [-0.3, -0.25) is 0 Å². The zero-order valence-electron chi connectivity index (χ0n) is 12.5. The SMILES string of the molecule is CCCCCCOc1ccccc1N=Nc1ccccc1. The molecular formula is C18H22N2O. The summed E-state index contributed by atoms with van der Waals surface area (Å²) in [5.74, 6) is 0.800. The van der Waals surface area contributed by atoms with Crippen LogP contribution in [0.25, 0.3) is 0 Å². The Bertz CT molecular complexity index is 552. The Labute approximate surface area is 126 Å². The molecule has 2 aromatic carbocycles. The van der Waals surface area contributed by atoms with Gasteiger partial charge in [0.1, 0.15) is 11.4 Å². The Kier molecular flexibility index (Phi) is 6.46. The van der Waals surface area contributed by atoms with Gasteiger partial charge in [0.15, 0.2) is 0 Å². The van der Waals surface area contributed by atoms with Crippen LogP contribution in [0.4, 0.5) is 11.4 Å². The molecule has 0 saturated heterocycles. The van der Waals surface area contributed by atoms with Crippen molar-refractivity contribution < 1.29 is 4.74 Å². The molecule has 0 aliphatic rings. The molecule has 0 fully saturated rings. The van der Waals surface area contributed by atoms with Crippen molar-refractivity contribution in [3.63, 3.8) is 0 Å². The minimum Gasteiger partial charge on any atom is -0.491 e. The summed E-state index contributed by atoms with van der Waals surface area (Å²) in [6, 6.07) is 17.5. The number of nitrogens with zero attached hydrogens (tertiary/aromatic N) is 2. The van der Waals surface area contributed by atoms with Crippen LogP contribution in [0.15, 0.2) is 64.8 Å². The molecule has 2 rings (SSSR count). The van der Waals surface area contributed by atoms with Gasteiger partial charge in [0.25, 0.3) is 0 Å². The summed E-state index contributed by atoms with van der Waals surface area (Å²) in [4.78, 5) is 0. The van der Waals surface area contributed by atoms with Crippen molar-refractivity contribution in [2.24, 2.45) is 10.2 Å². The number of hydrogen-bond donors (Lipinski definition) is 0. The topological polar surface area (TPSA) is 34.0 Å². The quantitative estimate of drug-likeness (QED) is 0.428. The van der Waals surface area contributed by atoms with Crippen molar-refractivity contribution in [3.8, 4) is 5.75 Å². The van der Waals surface area contributed by atoms with Gasteiger partial charge >= 0.3 is 0 Å². The molecule has 0 unspecified atom stereocenters. The fourth-order valence-corrected chi connectivity index (χ4v) is 1.98. The Morgan fingerprint density at radius 2 is 1.57 bits per heavy atom. The summed E-state index contributed by atoms with van der Waals surface area (Å²) < 4.78 is 5.82. The second-order valence-electron chi connectivity index (χ2n) is 4.91. The van der Waals surface area contributed by atoms with Gasteiger partial charge in [0, 0.05) is 0 Å². The van der Waals surface area contributed by atoms with E-state index in [-0.39, 0.29) is 0 Å². The van der Waals surface area contributed by atoms with E-state index in [1.165, 1.54) is 19.3 Å². The summed E-state index contributed by atoms with van der Waals surface area (Å²) in [6.45, 7) is 2.94. The van der Waals surface area contributed by atoms with E-state index in [2.05, 4.69) is 17.2 Å². The lowest BCUT2D eigenvalue weighted by Crippen LogP contribution is -1.97. The van der Waals surface area contributed by atoms with E-state index in [0.29, 0.717) is 0 Å². The molecule has 0 amide bonds. The Balaban J connectivity index is 1.95. The highest BCUT2D eigenvalue weighted by Gasteiger charge is 2.01. The molecule has 0 bridgehead atoms. The normalized spacial score (nSPS) is 10.9. The lowest BCUT2D eigenvalue weighted by Gasteiger charge is -2.07. The Morgan fingerprint density at radius 1 is 0.810 bits per heavy atom. The lowest BCUT2D eigenvalue weighted by atomic mass is 10.2. The van der Waals surface area contributed by atoms with Crippen LogP contribution in [-0.4, -0.2) is 6.61 Å². The summed E-state index contributed by atoms with van der Waals surface area (Å²) in [5, 5.41) is 8.53. The molecule has 0 aromatic heterocycles. The van der Waals surface area contributed by atoms with Gasteiger partial charge in [0.2, 0.25) is 0 Å². The number of unbranched alkanes of at least 4 members (excludes halogenated alkanes) is 3. The molecule has 0 aliphatic carbocycles. The van der Waals surface area contributed by atoms with E-state index in [1.54, 1.807) is 0 Å². The van der Waals surface area contributed by atoms with Gasteiger partial charge in [-0.25, -0.2) is 0 Å². The molecular weight excluding hydrogens is 260 g/mol. The van der Waals surface area contributed by atoms with Crippen LogP contribution in [0, 0.1) is 0 Å². The molecule has 0 saturated carbocycles. The second-order valence-corrected chi connectivity index (χ2v) is 4.91. The molecule has 3 nitrogen and oxygen atoms in total. The highest BCUT2D eigenvalue weighted by atomic mass is 16.5. The molecule has 0 atom stereocenters. The molecule has 21 heavy (non-hydrogen) atoms. The number of azo groups is 1. The first kappa shape index (κ1) is 15.2. The van der Waals surface area contributed by atoms with Crippen LogP contribution in [0.2, 0.25) is 0 Å². The third kappa shape index (κ3) is 5.38. The number of rotatable bonds is 8. The molecule has 2 aromatic rings. The van der Waals surface area contributed by atoms with Gasteiger partial charge in [-0.15, -0.1) is 5.11 Å². The van der Waals surface area contributed by atoms with Gasteiger partial charge in [0.05, 0.1) is 12.3 Å². The first-order chi connectivity index (χ1) is 10.4. The average molecular weight is 282 g/mol. The smallest absolute Gasteiger partial charge is 0.146 e. The maximum absolute atomic E-state index is 5.82. The molecule has 0 spiro atoms. The highest BCUT2D eigenvalue weighted by Crippen LogP contribution is 2.28. The van der Waals surface area contributed by atoms with Crippen molar-refractivity contribution in [2.45, 2.75) is 32.6 Å². The van der Waals surface area contributed by atoms with E-state index < -0.39 is 0 Å². The predicted molar refractivity (Wildman–Crippen MR) is 86.7 cm³/mol. The average Bonchev–Trinajstić information content (AvgIpc) is 2.55. The highest BCUT2D eigenvalue weighted by molar-refractivity contribution is 5.51. The van der Waals surface area contributed by atoms with Gasteiger partial charge < -0.3 is 4.74 Å². The molecule has 110 valence electrons. The van der Waals surface area contributed by atoms with Gasteiger partial charge in [-0.05, 0) is 30.7 Å². The van der Waals surface area contributed by atoms with Crippen LogP contribution in [0.5, 0.6) is 5.75 Å². The van der Waals surface area contributed by atoms with E-state index in [0.717, 1.165) is 30.2 Å². The number of hydrogen-bond acceptors (Lipinski definition) is 3. The minimum atomic E-state index is 0.734. The van der Waals surface area contributed by atoms with Crippen LogP contribution < -0.4 is 4.74 Å². The Morgan fingerprint density at radius 3 is 2.38 bits per heavy atom. The van der Waals surface area contributed by atoms with Crippen LogP contribution in [0.3, 0.4) is 0 Å². The first-order valence-corrected chi connectivity index (χ1v) is 7.59. The fourth-order valence-electron chi connectivity index (χ4n) is 1.98. The van der Waals surface area contributed by atoms with E-state index in [1.807, 2.05) is 54.6 Å². The predicted octanol–water partition coefficient (Wildman–Crippen LogP) is 6.06. The maximum Gasteiger partial charge on any atom is 0.146 e. The largest absolute Gasteiger partial charge is 0.491 e. The van der Waals surface area contributed by atoms with Crippen LogP contribution >= 0.6 is 0 Å². The monoisotopic (exact) mass is 282 g/mol. The third-order valence-corrected chi connectivity index (χ3v) is 3.15. The zero-order valence-corrected chi connectivity index (χ0v) is 12.5. The second kappa shape index (κ2) is 8.90. The first-order valence-electron chi connectivity index (χ1n) is 7.59. The number of ether oxygens (including phenoxy) is 1. The molecule has 0 N–H and O–H groups in total. The third-order valence-electron chi connectivity index (χ3n) is 3.15. The van der Waals surface area contributed by atoms with Crippen molar-refractivity contribution in [3.05, 3.63) is 54.6 Å². The van der Waals surface area contributed by atoms with Crippen molar-refractivity contribution in [2.75, 3.05) is 6.61 Å². The van der Waals surface area contributed by atoms with E-state index in [4.69, 9.17) is 4.74 Å². The van der Waals surface area contributed by atoms with Gasteiger partial charge in [-0.2, -0.15) is 5.11 Å². The fraction of sp³-hybridized carbons (Fsp3) is 0.333. The number of para-hydroxylation sites is 1. The minimum absolute atomic E-state index is 0.734. The summed E-state index contributed by atoms with van der Waals surface area (Å²) in [7, 11) is 0. The summed E-state index contributed by atoms with van der Waals surface area (Å²) >= 11 is 0. The van der Waals surface area contributed by atoms with Crippen molar-refractivity contribution >= 4 is 11.4 Å². The van der Waals surface area contributed by atoms with E-state index >= 15 is 0 Å². The molecule has 0 heterocycles. The maximum atomic E-state index is 5.82.